The van der Waals surface area contributed by atoms with Crippen molar-refractivity contribution >= 4 is 29.3 Å². The Morgan fingerprint density at radius 2 is 1.86 bits per heavy atom. The molecule has 5 heteroatoms. The van der Waals surface area contributed by atoms with Crippen LogP contribution in [0.15, 0.2) is 59.7 Å². The van der Waals surface area contributed by atoms with Crippen LogP contribution in [-0.2, 0) is 0 Å². The molecule has 0 fully saturated rings. The smallest absolute Gasteiger partial charge is 0.267 e. The highest BCUT2D eigenvalue weighted by Gasteiger charge is 2.03. The van der Waals surface area contributed by atoms with E-state index in [1.807, 2.05) is 0 Å². The van der Waals surface area contributed by atoms with Crippen LogP contribution in [0.1, 0.15) is 22.8 Å². The van der Waals surface area contributed by atoms with Gasteiger partial charge in [-0.05, 0) is 43.3 Å². The summed E-state index contributed by atoms with van der Waals surface area (Å²) in [5.74, 6) is -0.646. The van der Waals surface area contributed by atoms with E-state index < -0.39 is 0 Å². The molecule has 3 nitrogen and oxygen atoms in total. The Bertz CT molecular complexity index is 724. The molecule has 0 saturated carbocycles. The first-order chi connectivity index (χ1) is 10.6. The fourth-order valence-corrected chi connectivity index (χ4v) is 1.79. The minimum absolute atomic E-state index is 0.309. The Morgan fingerprint density at radius 1 is 1.18 bits per heavy atom. The molecule has 112 valence electrons. The molecule has 22 heavy (non-hydrogen) atoms. The van der Waals surface area contributed by atoms with Gasteiger partial charge in [0.2, 0.25) is 0 Å². The first-order valence-electron chi connectivity index (χ1n) is 6.59. The highest BCUT2D eigenvalue weighted by Crippen LogP contribution is 2.10. The molecule has 0 aromatic heterocycles. The number of rotatable bonds is 4. The zero-order valence-electron chi connectivity index (χ0n) is 11.9. The largest absolute Gasteiger partial charge is 0.271 e. The summed E-state index contributed by atoms with van der Waals surface area (Å²) in [7, 11) is 0. The molecule has 0 aliphatic carbocycles. The predicted octanol–water partition coefficient (Wildman–Crippen LogP) is 4.30. The van der Waals surface area contributed by atoms with Gasteiger partial charge >= 0.3 is 0 Å². The van der Waals surface area contributed by atoms with E-state index in [9.17, 15) is 9.18 Å². The van der Waals surface area contributed by atoms with Crippen LogP contribution in [0.2, 0.25) is 5.02 Å². The van der Waals surface area contributed by atoms with Crippen molar-refractivity contribution in [1.82, 2.24) is 5.43 Å². The van der Waals surface area contributed by atoms with Gasteiger partial charge < -0.3 is 0 Å². The summed E-state index contributed by atoms with van der Waals surface area (Å²) < 4.78 is 13.4. The fourth-order valence-electron chi connectivity index (χ4n) is 1.66. The van der Waals surface area contributed by atoms with Crippen LogP contribution < -0.4 is 5.43 Å². The first kappa shape index (κ1) is 15.9. The standard InChI is InChI=1S/C17H14ClFN2O/c1-12(6-7-13-4-2-3-5-16(13)19)20-21-17(22)14-8-10-15(18)11-9-14/h2-11H,1H3,(H,21,22)/b7-6+,20-12-. The number of amides is 1. The maximum absolute atomic E-state index is 13.4. The number of nitrogens with one attached hydrogen (secondary N) is 1. The molecule has 0 heterocycles. The highest BCUT2D eigenvalue weighted by atomic mass is 35.5. The number of hydrogen-bond donors (Lipinski definition) is 1. The predicted molar refractivity (Wildman–Crippen MR) is 87.5 cm³/mol. The van der Waals surface area contributed by atoms with Crippen molar-refractivity contribution in [3.8, 4) is 0 Å². The van der Waals surface area contributed by atoms with E-state index in [0.717, 1.165) is 0 Å². The van der Waals surface area contributed by atoms with Gasteiger partial charge in [-0.3, -0.25) is 4.79 Å². The van der Waals surface area contributed by atoms with E-state index in [1.165, 1.54) is 6.07 Å². The monoisotopic (exact) mass is 316 g/mol. The quantitative estimate of drug-likeness (QED) is 0.663. The van der Waals surface area contributed by atoms with Crippen molar-refractivity contribution in [2.24, 2.45) is 5.10 Å². The van der Waals surface area contributed by atoms with Crippen LogP contribution in [0.4, 0.5) is 4.39 Å². The number of nitrogens with zero attached hydrogens (tertiary/aromatic N) is 1. The van der Waals surface area contributed by atoms with Crippen LogP contribution in [0, 0.1) is 5.82 Å². The van der Waals surface area contributed by atoms with Crippen molar-refractivity contribution in [1.29, 1.82) is 0 Å². The van der Waals surface area contributed by atoms with Gasteiger partial charge in [0.1, 0.15) is 5.82 Å². The minimum Gasteiger partial charge on any atom is -0.267 e. The van der Waals surface area contributed by atoms with Crippen molar-refractivity contribution in [3.63, 3.8) is 0 Å². The van der Waals surface area contributed by atoms with E-state index >= 15 is 0 Å². The highest BCUT2D eigenvalue weighted by molar-refractivity contribution is 6.30. The summed E-state index contributed by atoms with van der Waals surface area (Å²) in [6.07, 6.45) is 3.23. The Kier molecular flexibility index (Phi) is 5.44. The number of hydrazone groups is 1. The molecule has 0 spiro atoms. The van der Waals surface area contributed by atoms with Gasteiger partial charge in [-0.15, -0.1) is 0 Å². The summed E-state index contributed by atoms with van der Waals surface area (Å²) in [6, 6.07) is 12.9. The zero-order chi connectivity index (χ0) is 15.9. The lowest BCUT2D eigenvalue weighted by molar-refractivity contribution is 0.0955. The molecular weight excluding hydrogens is 303 g/mol. The number of carbonyl (C=O) groups is 1. The van der Waals surface area contributed by atoms with Crippen molar-refractivity contribution in [3.05, 3.63) is 76.6 Å². The van der Waals surface area contributed by atoms with E-state index in [0.29, 0.717) is 21.9 Å². The van der Waals surface area contributed by atoms with Crippen LogP contribution in [0.25, 0.3) is 6.08 Å². The Labute approximate surface area is 133 Å². The third-order valence-corrected chi connectivity index (χ3v) is 3.10. The third-order valence-electron chi connectivity index (χ3n) is 2.85. The Balaban J connectivity index is 1.99. The normalized spacial score (nSPS) is 11.7. The molecule has 0 radical (unpaired) electrons. The zero-order valence-corrected chi connectivity index (χ0v) is 12.6. The van der Waals surface area contributed by atoms with Gasteiger partial charge in [0, 0.05) is 16.1 Å². The second kappa shape index (κ2) is 7.52. The molecule has 0 unspecified atom stereocenters. The average molecular weight is 317 g/mol. The maximum atomic E-state index is 13.4. The summed E-state index contributed by atoms with van der Waals surface area (Å²) in [5.41, 5.74) is 3.89. The van der Waals surface area contributed by atoms with Crippen LogP contribution >= 0.6 is 11.6 Å². The Hall–Kier alpha value is -2.46. The summed E-state index contributed by atoms with van der Waals surface area (Å²) >= 11 is 5.76. The SMILES string of the molecule is CC(/C=C/c1ccccc1F)=N/NC(=O)c1ccc(Cl)cc1. The summed E-state index contributed by atoms with van der Waals surface area (Å²) in [5, 5.41) is 4.50. The molecule has 1 N–H and O–H groups in total. The number of hydrogen-bond acceptors (Lipinski definition) is 2. The van der Waals surface area contributed by atoms with Gasteiger partial charge in [0.15, 0.2) is 0 Å². The van der Waals surface area contributed by atoms with Gasteiger partial charge in [-0.2, -0.15) is 5.10 Å². The molecule has 0 atom stereocenters. The molecule has 0 aliphatic rings. The molecule has 1 amide bonds. The van der Waals surface area contributed by atoms with Crippen molar-refractivity contribution in [2.45, 2.75) is 6.92 Å². The lowest BCUT2D eigenvalue weighted by Gasteiger charge is -2.01. The number of allylic oxidation sites excluding steroid dienone is 1. The number of carbonyl (C=O) groups excluding carboxylic acids is 1. The molecule has 0 saturated heterocycles. The fraction of sp³-hybridized carbons (Fsp3) is 0.0588. The molecule has 0 bridgehead atoms. The van der Waals surface area contributed by atoms with Crippen LogP contribution in [0.3, 0.4) is 0 Å². The Morgan fingerprint density at radius 3 is 2.55 bits per heavy atom. The van der Waals surface area contributed by atoms with Crippen molar-refractivity contribution < 1.29 is 9.18 Å². The number of benzene rings is 2. The van der Waals surface area contributed by atoms with E-state index in [-0.39, 0.29) is 11.7 Å². The summed E-state index contributed by atoms with van der Waals surface area (Å²) in [6.45, 7) is 1.71. The first-order valence-corrected chi connectivity index (χ1v) is 6.97. The van der Waals surface area contributed by atoms with Gasteiger partial charge in [-0.1, -0.05) is 35.9 Å². The van der Waals surface area contributed by atoms with Crippen LogP contribution in [0.5, 0.6) is 0 Å². The van der Waals surface area contributed by atoms with Gasteiger partial charge in [-0.25, -0.2) is 9.82 Å². The van der Waals surface area contributed by atoms with E-state index in [1.54, 1.807) is 61.5 Å². The molecule has 0 aliphatic heterocycles. The summed E-state index contributed by atoms with van der Waals surface area (Å²) in [4.78, 5) is 11.8. The van der Waals surface area contributed by atoms with E-state index in [2.05, 4.69) is 10.5 Å². The minimum atomic E-state index is -0.338. The topological polar surface area (TPSA) is 41.5 Å². The van der Waals surface area contributed by atoms with Gasteiger partial charge in [0.25, 0.3) is 5.91 Å². The maximum Gasteiger partial charge on any atom is 0.271 e. The lowest BCUT2D eigenvalue weighted by Crippen LogP contribution is -2.18. The average Bonchev–Trinajstić information content (AvgIpc) is 2.52. The molecular formula is C17H14ClFN2O. The molecule has 2 aromatic carbocycles. The van der Waals surface area contributed by atoms with E-state index in [4.69, 9.17) is 11.6 Å². The van der Waals surface area contributed by atoms with Gasteiger partial charge in [0.05, 0.1) is 5.71 Å². The van der Waals surface area contributed by atoms with Crippen molar-refractivity contribution in [2.75, 3.05) is 0 Å². The van der Waals surface area contributed by atoms with Crippen LogP contribution in [-0.4, -0.2) is 11.6 Å². The second-order valence-electron chi connectivity index (χ2n) is 4.56. The second-order valence-corrected chi connectivity index (χ2v) is 4.99. The molecule has 2 rings (SSSR count). The lowest BCUT2D eigenvalue weighted by atomic mass is 10.2. The molecule has 2 aromatic rings. The number of halogens is 2. The third kappa shape index (κ3) is 4.53.